The van der Waals surface area contributed by atoms with Crippen LogP contribution in [0.5, 0.6) is 0 Å². The minimum absolute atomic E-state index is 0.0481. The fourth-order valence-corrected chi connectivity index (χ4v) is 0.582. The van der Waals surface area contributed by atoms with Crippen molar-refractivity contribution in [2.24, 2.45) is 0 Å². The average molecular weight is 136 g/mol. The van der Waals surface area contributed by atoms with Gasteiger partial charge in [-0.15, -0.1) is 10.2 Å². The van der Waals surface area contributed by atoms with Crippen LogP contribution in [-0.4, -0.2) is 15.4 Å². The summed E-state index contributed by atoms with van der Waals surface area (Å²) in [5, 5.41) is 10.8. The summed E-state index contributed by atoms with van der Waals surface area (Å²) < 4.78 is 0. The van der Waals surface area contributed by atoms with Gasteiger partial charge in [0.1, 0.15) is 6.20 Å². The van der Waals surface area contributed by atoms with E-state index in [-0.39, 0.29) is 5.41 Å². The first-order chi connectivity index (χ1) is 4.61. The zero-order valence-electron chi connectivity index (χ0n) is 6.42. The van der Waals surface area contributed by atoms with Gasteiger partial charge in [0.15, 0.2) is 0 Å². The van der Waals surface area contributed by atoms with Gasteiger partial charge in [-0.1, -0.05) is 20.8 Å². The smallest absolute Gasteiger partial charge is 0.117 e. The summed E-state index contributed by atoms with van der Waals surface area (Å²) in [4.78, 5) is 0. The lowest BCUT2D eigenvalue weighted by atomic mass is 9.92. The summed E-state index contributed by atoms with van der Waals surface area (Å²) in [6, 6.07) is 1.76. The van der Waals surface area contributed by atoms with Crippen molar-refractivity contribution in [3.63, 3.8) is 0 Å². The summed E-state index contributed by atoms with van der Waals surface area (Å²) in [7, 11) is 0. The second-order valence-electron chi connectivity index (χ2n) is 3.20. The second-order valence-corrected chi connectivity index (χ2v) is 3.20. The third-order valence-corrected chi connectivity index (χ3v) is 1.22. The molecule has 1 aromatic rings. The van der Waals surface area contributed by atoms with Gasteiger partial charge in [-0.25, -0.2) is 0 Å². The summed E-state index contributed by atoms with van der Waals surface area (Å²) >= 11 is 0. The normalized spacial score (nSPS) is 11.5. The standard InChI is InChI=1S/C7H10N3/c1-7(2,3)6-4-5-8-10-9-6/h4H,1-3H3. The molecule has 0 amide bonds. The molecule has 0 aliphatic carbocycles. The zero-order chi connectivity index (χ0) is 7.61. The third-order valence-electron chi connectivity index (χ3n) is 1.22. The summed E-state index contributed by atoms with van der Waals surface area (Å²) in [5.41, 5.74) is 0.967. The Morgan fingerprint density at radius 2 is 2.10 bits per heavy atom. The first-order valence-corrected chi connectivity index (χ1v) is 3.17. The molecule has 0 fully saturated rings. The quantitative estimate of drug-likeness (QED) is 0.533. The number of hydrogen-bond acceptors (Lipinski definition) is 3. The Morgan fingerprint density at radius 1 is 1.40 bits per heavy atom. The highest BCUT2D eigenvalue weighted by molar-refractivity contribution is 5.07. The number of nitrogens with zero attached hydrogens (tertiary/aromatic N) is 3. The van der Waals surface area contributed by atoms with Gasteiger partial charge in [0.25, 0.3) is 0 Å². The molecule has 0 atom stereocenters. The molecule has 1 aromatic heterocycles. The molecular weight excluding hydrogens is 126 g/mol. The van der Waals surface area contributed by atoms with Gasteiger partial charge < -0.3 is 0 Å². The molecule has 0 unspecified atom stereocenters. The SMILES string of the molecule is CC(C)(C)c1c[c]nnn1. The number of rotatable bonds is 0. The minimum atomic E-state index is 0.0481. The molecule has 3 heteroatoms. The molecule has 0 spiro atoms. The van der Waals surface area contributed by atoms with Gasteiger partial charge in [-0.2, -0.15) is 0 Å². The fourth-order valence-electron chi connectivity index (χ4n) is 0.582. The predicted octanol–water partition coefficient (Wildman–Crippen LogP) is 0.969. The molecular formula is C7H10N3. The Hall–Kier alpha value is -0.990. The van der Waals surface area contributed by atoms with Crippen molar-refractivity contribution < 1.29 is 0 Å². The van der Waals surface area contributed by atoms with Gasteiger partial charge >= 0.3 is 0 Å². The molecule has 0 aromatic carbocycles. The highest BCUT2D eigenvalue weighted by Crippen LogP contribution is 2.17. The van der Waals surface area contributed by atoms with E-state index in [0.717, 1.165) is 5.69 Å². The van der Waals surface area contributed by atoms with Crippen LogP contribution in [0.1, 0.15) is 26.5 Å². The largest absolute Gasteiger partial charge is 0.135 e. The fraction of sp³-hybridized carbons (Fsp3) is 0.571. The van der Waals surface area contributed by atoms with E-state index in [4.69, 9.17) is 0 Å². The Morgan fingerprint density at radius 3 is 2.40 bits per heavy atom. The number of aromatic nitrogens is 3. The third kappa shape index (κ3) is 1.50. The monoisotopic (exact) mass is 136 g/mol. The highest BCUT2D eigenvalue weighted by atomic mass is 15.3. The van der Waals surface area contributed by atoms with Crippen molar-refractivity contribution in [2.75, 3.05) is 0 Å². The lowest BCUT2D eigenvalue weighted by Gasteiger charge is -2.14. The van der Waals surface area contributed by atoms with E-state index in [0.29, 0.717) is 0 Å². The number of hydrogen-bond donors (Lipinski definition) is 0. The van der Waals surface area contributed by atoms with Crippen LogP contribution in [0.2, 0.25) is 0 Å². The van der Waals surface area contributed by atoms with Gasteiger partial charge in [-0.3, -0.25) is 0 Å². The molecule has 53 valence electrons. The van der Waals surface area contributed by atoms with Crippen molar-refractivity contribution in [3.05, 3.63) is 18.0 Å². The van der Waals surface area contributed by atoms with Crippen LogP contribution < -0.4 is 0 Å². The molecule has 1 radical (unpaired) electrons. The van der Waals surface area contributed by atoms with Crippen molar-refractivity contribution >= 4 is 0 Å². The van der Waals surface area contributed by atoms with Crippen LogP contribution in [0.25, 0.3) is 0 Å². The molecule has 0 aliphatic rings. The van der Waals surface area contributed by atoms with E-state index in [1.807, 2.05) is 0 Å². The maximum atomic E-state index is 3.86. The van der Waals surface area contributed by atoms with Crippen LogP contribution >= 0.6 is 0 Å². The predicted molar refractivity (Wildman–Crippen MR) is 37.4 cm³/mol. The Bertz CT molecular complexity index is 200. The van der Waals surface area contributed by atoms with Gasteiger partial charge in [0.05, 0.1) is 5.69 Å². The van der Waals surface area contributed by atoms with E-state index < -0.39 is 0 Å². The highest BCUT2D eigenvalue weighted by Gasteiger charge is 2.14. The summed E-state index contributed by atoms with van der Waals surface area (Å²) in [5.74, 6) is 0. The second kappa shape index (κ2) is 2.33. The molecule has 0 aliphatic heterocycles. The first kappa shape index (κ1) is 7.12. The van der Waals surface area contributed by atoms with Crippen LogP contribution in [0, 0.1) is 6.20 Å². The lowest BCUT2D eigenvalue weighted by molar-refractivity contribution is 0.550. The van der Waals surface area contributed by atoms with Crippen LogP contribution in [0.4, 0.5) is 0 Å². The van der Waals surface area contributed by atoms with Crippen molar-refractivity contribution in [2.45, 2.75) is 26.2 Å². The minimum Gasteiger partial charge on any atom is -0.135 e. The molecule has 0 bridgehead atoms. The van der Waals surface area contributed by atoms with E-state index >= 15 is 0 Å². The van der Waals surface area contributed by atoms with Crippen LogP contribution in [-0.2, 0) is 5.41 Å². The topological polar surface area (TPSA) is 38.7 Å². The molecule has 1 rings (SSSR count). The maximum Gasteiger partial charge on any atom is 0.117 e. The Kier molecular flexibility index (Phi) is 1.66. The van der Waals surface area contributed by atoms with Crippen LogP contribution in [0.3, 0.4) is 0 Å². The molecule has 0 N–H and O–H groups in total. The van der Waals surface area contributed by atoms with E-state index in [1.54, 1.807) is 6.07 Å². The van der Waals surface area contributed by atoms with Crippen molar-refractivity contribution in [3.8, 4) is 0 Å². The Balaban J connectivity index is 2.97. The van der Waals surface area contributed by atoms with Gasteiger partial charge in [0.2, 0.25) is 0 Å². The van der Waals surface area contributed by atoms with Gasteiger partial charge in [0, 0.05) is 5.41 Å². The molecule has 0 saturated carbocycles. The van der Waals surface area contributed by atoms with Gasteiger partial charge in [-0.05, 0) is 11.3 Å². The van der Waals surface area contributed by atoms with E-state index in [1.165, 1.54) is 0 Å². The molecule has 10 heavy (non-hydrogen) atoms. The molecule has 3 nitrogen and oxygen atoms in total. The summed E-state index contributed by atoms with van der Waals surface area (Å²) in [6.45, 7) is 6.22. The lowest BCUT2D eigenvalue weighted by Crippen LogP contribution is -2.14. The average Bonchev–Trinajstić information content (AvgIpc) is 1.88. The van der Waals surface area contributed by atoms with Crippen LogP contribution in [0.15, 0.2) is 6.07 Å². The maximum absolute atomic E-state index is 3.86. The zero-order valence-corrected chi connectivity index (χ0v) is 6.42. The molecule has 0 saturated heterocycles. The van der Waals surface area contributed by atoms with Crippen molar-refractivity contribution in [1.82, 2.24) is 15.4 Å². The summed E-state index contributed by atoms with van der Waals surface area (Å²) in [6.07, 6.45) is 2.64. The van der Waals surface area contributed by atoms with E-state index in [2.05, 4.69) is 42.4 Å². The molecule has 1 heterocycles. The first-order valence-electron chi connectivity index (χ1n) is 3.17. The van der Waals surface area contributed by atoms with E-state index in [9.17, 15) is 0 Å². The van der Waals surface area contributed by atoms with Crippen molar-refractivity contribution in [1.29, 1.82) is 0 Å². The Labute approximate surface area is 60.5 Å².